The summed E-state index contributed by atoms with van der Waals surface area (Å²) >= 11 is 3.51. The number of amides is 1. The zero-order valence-electron chi connectivity index (χ0n) is 10.2. The van der Waals surface area contributed by atoms with Gasteiger partial charge < -0.3 is 10.2 Å². The van der Waals surface area contributed by atoms with Crippen molar-refractivity contribution in [2.75, 3.05) is 19.6 Å². The summed E-state index contributed by atoms with van der Waals surface area (Å²) in [5, 5.41) is 3.17. The van der Waals surface area contributed by atoms with Crippen LogP contribution in [0.25, 0.3) is 0 Å². The van der Waals surface area contributed by atoms with Crippen molar-refractivity contribution in [3.8, 4) is 0 Å². The number of hydrogen-bond acceptors (Lipinski definition) is 2. The van der Waals surface area contributed by atoms with Gasteiger partial charge in [-0.2, -0.15) is 0 Å². The molecule has 2 fully saturated rings. The molecule has 1 unspecified atom stereocenters. The lowest BCUT2D eigenvalue weighted by Gasteiger charge is -2.33. The molecule has 3 rings (SSSR count). The van der Waals surface area contributed by atoms with Crippen LogP contribution in [0.2, 0.25) is 0 Å². The Hall–Kier alpha value is -0.870. The summed E-state index contributed by atoms with van der Waals surface area (Å²) in [5.74, 6) is 0.536. The summed E-state index contributed by atoms with van der Waals surface area (Å²) in [6.45, 7) is 2.60. The Morgan fingerprint density at radius 1 is 1.39 bits per heavy atom. The molecule has 96 valence electrons. The molecular formula is C14H17BrN2O. The third kappa shape index (κ3) is 2.19. The molecule has 2 heterocycles. The number of nitrogens with one attached hydrogen (secondary N) is 1. The number of rotatable bonds is 2. The smallest absolute Gasteiger partial charge is 0.228 e. The van der Waals surface area contributed by atoms with E-state index in [1.165, 1.54) is 5.56 Å². The Bertz CT molecular complexity index is 459. The lowest BCUT2D eigenvalue weighted by molar-refractivity contribution is -0.138. The minimum Gasteiger partial charge on any atom is -0.335 e. The number of nitrogens with zero attached hydrogens (tertiary/aromatic N) is 1. The number of hydrogen-bond donors (Lipinski definition) is 1. The van der Waals surface area contributed by atoms with Gasteiger partial charge in [0.25, 0.3) is 0 Å². The number of benzene rings is 1. The highest BCUT2D eigenvalue weighted by Crippen LogP contribution is 2.34. The van der Waals surface area contributed by atoms with Gasteiger partial charge in [-0.15, -0.1) is 0 Å². The van der Waals surface area contributed by atoms with Crippen molar-refractivity contribution in [1.29, 1.82) is 0 Å². The highest BCUT2D eigenvalue weighted by Gasteiger charge is 2.36. The molecule has 0 radical (unpaired) electrons. The predicted molar refractivity (Wildman–Crippen MR) is 74.2 cm³/mol. The second-order valence-corrected chi connectivity index (χ2v) is 6.02. The quantitative estimate of drug-likeness (QED) is 0.909. The largest absolute Gasteiger partial charge is 0.335 e. The molecule has 0 aromatic heterocycles. The van der Waals surface area contributed by atoms with E-state index in [0.29, 0.717) is 5.91 Å². The molecule has 2 aliphatic heterocycles. The Morgan fingerprint density at radius 3 is 2.89 bits per heavy atom. The summed E-state index contributed by atoms with van der Waals surface area (Å²) in [4.78, 5) is 14.4. The third-order valence-corrected chi connectivity index (χ3v) is 4.39. The van der Waals surface area contributed by atoms with Crippen LogP contribution in [0.15, 0.2) is 28.7 Å². The molecule has 2 saturated heterocycles. The van der Waals surface area contributed by atoms with Gasteiger partial charge in [0, 0.05) is 24.1 Å². The summed E-state index contributed by atoms with van der Waals surface area (Å²) in [6.07, 6.45) is 2.20. The maximum Gasteiger partial charge on any atom is 0.228 e. The molecule has 2 aliphatic rings. The van der Waals surface area contributed by atoms with Crippen LogP contribution in [0.5, 0.6) is 0 Å². The van der Waals surface area contributed by atoms with Crippen molar-refractivity contribution in [3.63, 3.8) is 0 Å². The Labute approximate surface area is 116 Å². The van der Waals surface area contributed by atoms with E-state index in [2.05, 4.69) is 38.3 Å². The van der Waals surface area contributed by atoms with Gasteiger partial charge in [-0.05, 0) is 30.5 Å². The molecule has 1 amide bonds. The van der Waals surface area contributed by atoms with Crippen molar-refractivity contribution in [1.82, 2.24) is 10.2 Å². The van der Waals surface area contributed by atoms with Crippen LogP contribution in [-0.4, -0.2) is 30.4 Å². The zero-order valence-corrected chi connectivity index (χ0v) is 11.8. The van der Waals surface area contributed by atoms with Crippen LogP contribution in [0.1, 0.15) is 24.4 Å². The van der Waals surface area contributed by atoms with Crippen LogP contribution in [0.4, 0.5) is 0 Å². The van der Waals surface area contributed by atoms with E-state index < -0.39 is 0 Å². The molecule has 1 atom stereocenters. The van der Waals surface area contributed by atoms with Crippen molar-refractivity contribution in [3.05, 3.63) is 34.3 Å². The molecule has 4 heteroatoms. The van der Waals surface area contributed by atoms with Crippen LogP contribution < -0.4 is 5.32 Å². The van der Waals surface area contributed by atoms with E-state index in [1.807, 2.05) is 12.1 Å². The second kappa shape index (κ2) is 5.02. The van der Waals surface area contributed by atoms with E-state index in [4.69, 9.17) is 0 Å². The predicted octanol–water partition coefficient (Wildman–Crippen LogP) is 2.33. The minimum absolute atomic E-state index is 0.206. The first-order valence-electron chi connectivity index (χ1n) is 6.52. The Kier molecular flexibility index (Phi) is 3.39. The highest BCUT2D eigenvalue weighted by molar-refractivity contribution is 9.10. The number of likely N-dealkylation sites (tertiary alicyclic amines) is 1. The lowest BCUT2D eigenvalue weighted by atomic mass is 9.99. The number of carbonyl (C=O) groups is 1. The summed E-state index contributed by atoms with van der Waals surface area (Å²) < 4.78 is 1.09. The van der Waals surface area contributed by atoms with E-state index in [0.717, 1.165) is 36.9 Å². The number of halogens is 1. The van der Waals surface area contributed by atoms with E-state index >= 15 is 0 Å². The SMILES string of the molecule is O=C(C1CNC1)N1CCCC1c1cccc(Br)c1. The van der Waals surface area contributed by atoms with Gasteiger partial charge in [0.1, 0.15) is 0 Å². The number of carbonyl (C=O) groups excluding carboxylic acids is 1. The monoisotopic (exact) mass is 308 g/mol. The molecule has 0 saturated carbocycles. The van der Waals surface area contributed by atoms with Gasteiger partial charge in [0.2, 0.25) is 5.91 Å². The molecule has 0 spiro atoms. The van der Waals surface area contributed by atoms with Crippen LogP contribution in [-0.2, 0) is 4.79 Å². The van der Waals surface area contributed by atoms with Gasteiger partial charge in [-0.3, -0.25) is 4.79 Å². The Balaban J connectivity index is 1.80. The fourth-order valence-corrected chi connectivity index (χ4v) is 3.21. The first kappa shape index (κ1) is 12.2. The summed E-state index contributed by atoms with van der Waals surface area (Å²) in [7, 11) is 0. The van der Waals surface area contributed by atoms with Gasteiger partial charge in [0.05, 0.1) is 12.0 Å². The van der Waals surface area contributed by atoms with Gasteiger partial charge in [-0.1, -0.05) is 28.1 Å². The molecule has 0 bridgehead atoms. The van der Waals surface area contributed by atoms with Crippen LogP contribution in [0.3, 0.4) is 0 Å². The lowest BCUT2D eigenvalue weighted by Crippen LogP contribution is -2.51. The first-order chi connectivity index (χ1) is 8.75. The highest BCUT2D eigenvalue weighted by atomic mass is 79.9. The van der Waals surface area contributed by atoms with Crippen molar-refractivity contribution < 1.29 is 4.79 Å². The van der Waals surface area contributed by atoms with E-state index in [1.54, 1.807) is 0 Å². The van der Waals surface area contributed by atoms with Gasteiger partial charge in [-0.25, -0.2) is 0 Å². The maximum absolute atomic E-state index is 12.4. The molecular weight excluding hydrogens is 292 g/mol. The van der Waals surface area contributed by atoms with E-state index in [9.17, 15) is 4.79 Å². The molecule has 1 aromatic rings. The van der Waals surface area contributed by atoms with Crippen LogP contribution in [0, 0.1) is 5.92 Å². The fourth-order valence-electron chi connectivity index (χ4n) is 2.79. The summed E-state index contributed by atoms with van der Waals surface area (Å²) in [6, 6.07) is 8.61. The van der Waals surface area contributed by atoms with Crippen LogP contribution >= 0.6 is 15.9 Å². The average Bonchev–Trinajstić information content (AvgIpc) is 2.75. The fraction of sp³-hybridized carbons (Fsp3) is 0.500. The second-order valence-electron chi connectivity index (χ2n) is 5.10. The topological polar surface area (TPSA) is 32.3 Å². The summed E-state index contributed by atoms with van der Waals surface area (Å²) in [5.41, 5.74) is 1.25. The maximum atomic E-state index is 12.4. The normalized spacial score (nSPS) is 24.1. The van der Waals surface area contributed by atoms with Crippen molar-refractivity contribution >= 4 is 21.8 Å². The van der Waals surface area contributed by atoms with E-state index in [-0.39, 0.29) is 12.0 Å². The Morgan fingerprint density at radius 2 is 2.22 bits per heavy atom. The van der Waals surface area contributed by atoms with Gasteiger partial charge in [0.15, 0.2) is 0 Å². The molecule has 1 N–H and O–H groups in total. The molecule has 3 nitrogen and oxygen atoms in total. The van der Waals surface area contributed by atoms with Crippen molar-refractivity contribution in [2.45, 2.75) is 18.9 Å². The zero-order chi connectivity index (χ0) is 12.5. The third-order valence-electron chi connectivity index (χ3n) is 3.90. The van der Waals surface area contributed by atoms with Crippen molar-refractivity contribution in [2.24, 2.45) is 5.92 Å². The molecule has 18 heavy (non-hydrogen) atoms. The first-order valence-corrected chi connectivity index (χ1v) is 7.31. The molecule has 0 aliphatic carbocycles. The standard InChI is InChI=1S/C14H17BrN2O/c15-12-4-1-3-10(7-12)13-5-2-6-17(13)14(18)11-8-16-9-11/h1,3-4,7,11,13,16H,2,5-6,8-9H2. The van der Waals surface area contributed by atoms with Gasteiger partial charge >= 0.3 is 0 Å². The molecule has 1 aromatic carbocycles. The minimum atomic E-state index is 0.206. The average molecular weight is 309 g/mol.